The molecule has 0 aliphatic rings. The molecular formula is C15H17N5O2S2. The number of nitrogens with zero attached hydrogens (tertiary/aromatic N) is 3. The standard InChI is InChI=1S/C15H17N5O2S2/c1-3-13-19-9(2)12(24-13)6-16-14(21)11-5-4-10(22-11)7-23-15-17-8-18-20-15/h4-5,8H,3,6-7H2,1-2H3,(H,16,21)(H,17,18,20). The van der Waals surface area contributed by atoms with E-state index >= 15 is 0 Å². The van der Waals surface area contributed by atoms with Gasteiger partial charge in [0.25, 0.3) is 5.91 Å². The summed E-state index contributed by atoms with van der Waals surface area (Å²) in [6.07, 6.45) is 2.36. The van der Waals surface area contributed by atoms with Crippen molar-refractivity contribution in [1.29, 1.82) is 0 Å². The first kappa shape index (κ1) is 16.7. The Morgan fingerprint density at radius 1 is 1.46 bits per heavy atom. The lowest BCUT2D eigenvalue weighted by Crippen LogP contribution is -2.22. The van der Waals surface area contributed by atoms with Gasteiger partial charge in [0.05, 0.1) is 23.0 Å². The van der Waals surface area contributed by atoms with Crippen molar-refractivity contribution in [2.45, 2.75) is 37.7 Å². The van der Waals surface area contributed by atoms with Crippen LogP contribution in [0.2, 0.25) is 0 Å². The smallest absolute Gasteiger partial charge is 0.287 e. The minimum atomic E-state index is -0.225. The number of amides is 1. The summed E-state index contributed by atoms with van der Waals surface area (Å²) in [5.41, 5.74) is 0.973. The number of aromatic amines is 1. The zero-order valence-electron chi connectivity index (χ0n) is 13.3. The number of H-pyrrole nitrogens is 1. The average molecular weight is 363 g/mol. The van der Waals surface area contributed by atoms with Gasteiger partial charge >= 0.3 is 0 Å². The van der Waals surface area contributed by atoms with Gasteiger partial charge in [-0.2, -0.15) is 5.10 Å². The Balaban J connectivity index is 1.54. The van der Waals surface area contributed by atoms with E-state index in [2.05, 4.69) is 32.4 Å². The van der Waals surface area contributed by atoms with E-state index in [9.17, 15) is 4.79 Å². The monoisotopic (exact) mass is 363 g/mol. The van der Waals surface area contributed by atoms with E-state index in [4.69, 9.17) is 4.42 Å². The molecule has 0 unspecified atom stereocenters. The number of aryl methyl sites for hydroxylation is 2. The summed E-state index contributed by atoms with van der Waals surface area (Å²) in [5.74, 6) is 1.37. The molecule has 1 amide bonds. The van der Waals surface area contributed by atoms with Gasteiger partial charge in [-0.25, -0.2) is 9.97 Å². The highest BCUT2D eigenvalue weighted by Gasteiger charge is 2.13. The van der Waals surface area contributed by atoms with Gasteiger partial charge in [0.1, 0.15) is 12.1 Å². The maximum absolute atomic E-state index is 12.2. The first-order chi connectivity index (χ1) is 11.7. The number of hydrogen-bond acceptors (Lipinski definition) is 7. The van der Waals surface area contributed by atoms with Crippen LogP contribution in [-0.4, -0.2) is 26.1 Å². The average Bonchev–Trinajstić information content (AvgIpc) is 3.31. The molecule has 24 heavy (non-hydrogen) atoms. The van der Waals surface area contributed by atoms with E-state index in [0.717, 1.165) is 22.0 Å². The number of thioether (sulfide) groups is 1. The molecule has 9 heteroatoms. The van der Waals surface area contributed by atoms with E-state index < -0.39 is 0 Å². The van der Waals surface area contributed by atoms with E-state index in [1.165, 1.54) is 18.1 Å². The van der Waals surface area contributed by atoms with Crippen molar-refractivity contribution in [2.75, 3.05) is 0 Å². The molecular weight excluding hydrogens is 346 g/mol. The fourth-order valence-electron chi connectivity index (χ4n) is 2.03. The molecule has 0 spiro atoms. The highest BCUT2D eigenvalue weighted by atomic mass is 32.2. The molecule has 0 fully saturated rings. The van der Waals surface area contributed by atoms with Gasteiger partial charge in [-0.05, 0) is 25.5 Å². The predicted octanol–water partition coefficient (Wildman–Crippen LogP) is 2.95. The van der Waals surface area contributed by atoms with E-state index in [0.29, 0.717) is 29.0 Å². The Kier molecular flexibility index (Phi) is 5.31. The second-order valence-electron chi connectivity index (χ2n) is 5.00. The summed E-state index contributed by atoms with van der Waals surface area (Å²) in [7, 11) is 0. The second-order valence-corrected chi connectivity index (χ2v) is 7.13. The van der Waals surface area contributed by atoms with Crippen LogP contribution in [-0.2, 0) is 18.7 Å². The molecule has 3 rings (SSSR count). The van der Waals surface area contributed by atoms with Crippen LogP contribution in [0.5, 0.6) is 0 Å². The van der Waals surface area contributed by atoms with Crippen molar-refractivity contribution >= 4 is 29.0 Å². The summed E-state index contributed by atoms with van der Waals surface area (Å²) < 4.78 is 5.58. The molecule has 3 heterocycles. The van der Waals surface area contributed by atoms with Crippen molar-refractivity contribution in [2.24, 2.45) is 0 Å². The van der Waals surface area contributed by atoms with Crippen molar-refractivity contribution in [1.82, 2.24) is 25.5 Å². The van der Waals surface area contributed by atoms with Crippen molar-refractivity contribution in [3.8, 4) is 0 Å². The first-order valence-electron chi connectivity index (χ1n) is 7.46. The van der Waals surface area contributed by atoms with Gasteiger partial charge in [0.15, 0.2) is 10.9 Å². The lowest BCUT2D eigenvalue weighted by Gasteiger charge is -2.01. The molecule has 2 N–H and O–H groups in total. The van der Waals surface area contributed by atoms with E-state index in [-0.39, 0.29) is 5.91 Å². The molecule has 0 saturated heterocycles. The van der Waals surface area contributed by atoms with Gasteiger partial charge in [-0.3, -0.25) is 9.89 Å². The summed E-state index contributed by atoms with van der Waals surface area (Å²) in [4.78, 5) is 21.8. The van der Waals surface area contributed by atoms with Crippen LogP contribution in [0.15, 0.2) is 28.0 Å². The maximum atomic E-state index is 12.2. The lowest BCUT2D eigenvalue weighted by atomic mass is 10.3. The quantitative estimate of drug-likeness (QED) is 0.627. The summed E-state index contributed by atoms with van der Waals surface area (Å²) in [5, 5.41) is 11.2. The molecule has 0 bridgehead atoms. The minimum absolute atomic E-state index is 0.225. The van der Waals surface area contributed by atoms with Crippen LogP contribution in [0.1, 0.15) is 38.8 Å². The van der Waals surface area contributed by atoms with E-state index in [1.807, 2.05) is 6.92 Å². The number of carbonyl (C=O) groups excluding carboxylic acids is 1. The van der Waals surface area contributed by atoms with Crippen LogP contribution in [0.4, 0.5) is 0 Å². The number of furan rings is 1. The fourth-order valence-corrected chi connectivity index (χ4v) is 3.65. The third-order valence-electron chi connectivity index (χ3n) is 3.28. The number of hydrogen-bond donors (Lipinski definition) is 2. The zero-order chi connectivity index (χ0) is 16.9. The Hall–Kier alpha value is -2.13. The summed E-state index contributed by atoms with van der Waals surface area (Å²) in [6, 6.07) is 3.48. The molecule has 0 atom stereocenters. The predicted molar refractivity (Wildman–Crippen MR) is 92.1 cm³/mol. The van der Waals surface area contributed by atoms with Crippen molar-refractivity contribution in [3.05, 3.63) is 45.6 Å². The lowest BCUT2D eigenvalue weighted by molar-refractivity contribution is 0.0922. The Morgan fingerprint density at radius 3 is 3.04 bits per heavy atom. The number of thiazole rings is 1. The minimum Gasteiger partial charge on any atom is -0.455 e. The van der Waals surface area contributed by atoms with Crippen LogP contribution in [0.3, 0.4) is 0 Å². The highest BCUT2D eigenvalue weighted by molar-refractivity contribution is 7.98. The summed E-state index contributed by atoms with van der Waals surface area (Å²) >= 11 is 3.09. The Labute approximate surface area is 147 Å². The second kappa shape index (κ2) is 7.63. The number of aromatic nitrogens is 4. The van der Waals surface area contributed by atoms with Crippen LogP contribution in [0, 0.1) is 6.92 Å². The van der Waals surface area contributed by atoms with Gasteiger partial charge in [0.2, 0.25) is 0 Å². The number of nitrogens with one attached hydrogen (secondary N) is 2. The van der Waals surface area contributed by atoms with E-state index in [1.54, 1.807) is 23.5 Å². The van der Waals surface area contributed by atoms with Crippen molar-refractivity contribution in [3.63, 3.8) is 0 Å². The number of carbonyl (C=O) groups is 1. The molecule has 3 aromatic heterocycles. The van der Waals surface area contributed by atoms with Crippen molar-refractivity contribution < 1.29 is 9.21 Å². The van der Waals surface area contributed by atoms with Gasteiger partial charge in [0, 0.05) is 4.88 Å². The zero-order valence-corrected chi connectivity index (χ0v) is 15.0. The van der Waals surface area contributed by atoms with Crippen LogP contribution < -0.4 is 5.32 Å². The highest BCUT2D eigenvalue weighted by Crippen LogP contribution is 2.21. The van der Waals surface area contributed by atoms with Crippen LogP contribution >= 0.6 is 23.1 Å². The first-order valence-corrected chi connectivity index (χ1v) is 9.26. The molecule has 0 aliphatic carbocycles. The largest absolute Gasteiger partial charge is 0.455 e. The van der Waals surface area contributed by atoms with Gasteiger partial charge in [-0.15, -0.1) is 11.3 Å². The third kappa shape index (κ3) is 4.04. The molecule has 0 aliphatic heterocycles. The Bertz CT molecular complexity index is 810. The molecule has 126 valence electrons. The Morgan fingerprint density at radius 2 is 2.33 bits per heavy atom. The SMILES string of the molecule is CCc1nc(C)c(CNC(=O)c2ccc(CSc3ncn[nH]3)o2)s1. The normalized spacial score (nSPS) is 10.9. The van der Waals surface area contributed by atoms with Gasteiger partial charge in [-0.1, -0.05) is 18.7 Å². The summed E-state index contributed by atoms with van der Waals surface area (Å²) in [6.45, 7) is 4.50. The molecule has 7 nitrogen and oxygen atoms in total. The molecule has 3 aromatic rings. The topological polar surface area (TPSA) is 96.7 Å². The molecule has 0 aromatic carbocycles. The van der Waals surface area contributed by atoms with Gasteiger partial charge < -0.3 is 9.73 Å². The molecule has 0 radical (unpaired) electrons. The fraction of sp³-hybridized carbons (Fsp3) is 0.333. The number of rotatable bonds is 7. The maximum Gasteiger partial charge on any atom is 0.287 e. The van der Waals surface area contributed by atoms with Crippen LogP contribution in [0.25, 0.3) is 0 Å². The third-order valence-corrected chi connectivity index (χ3v) is 5.48. The molecule has 0 saturated carbocycles.